The molecule has 3 aromatic rings. The second-order valence-corrected chi connectivity index (χ2v) is 7.93. The topological polar surface area (TPSA) is 75.7 Å². The van der Waals surface area contributed by atoms with Gasteiger partial charge in [-0.1, -0.05) is 60.7 Å². The van der Waals surface area contributed by atoms with Gasteiger partial charge in [0, 0.05) is 5.56 Å². The van der Waals surface area contributed by atoms with Crippen LogP contribution in [0.1, 0.15) is 21.5 Å². The number of carbonyl (C=O) groups excluding carboxylic acids is 3. The number of ketones is 1. The summed E-state index contributed by atoms with van der Waals surface area (Å²) in [6.45, 7) is -0.370. The number of hydrogen-bond donors (Lipinski definition) is 1. The monoisotopic (exact) mass is 478 g/mol. The molecule has 156 valence electrons. The highest BCUT2D eigenvalue weighted by molar-refractivity contribution is 9.10. The first-order chi connectivity index (χ1) is 15.0. The van der Waals surface area contributed by atoms with Crippen LogP contribution in [0.4, 0.5) is 4.79 Å². The molecule has 1 heterocycles. The van der Waals surface area contributed by atoms with E-state index < -0.39 is 17.5 Å². The van der Waals surface area contributed by atoms with Gasteiger partial charge in [0.25, 0.3) is 5.91 Å². The summed E-state index contributed by atoms with van der Waals surface area (Å²) in [5.41, 5.74) is 0.231. The number of amides is 3. The maximum absolute atomic E-state index is 13.6. The predicted molar refractivity (Wildman–Crippen MR) is 119 cm³/mol. The maximum atomic E-state index is 13.6. The van der Waals surface area contributed by atoms with Gasteiger partial charge in [0.15, 0.2) is 11.3 Å². The van der Waals surface area contributed by atoms with E-state index in [1.165, 1.54) is 7.11 Å². The van der Waals surface area contributed by atoms with Crippen molar-refractivity contribution in [1.29, 1.82) is 0 Å². The van der Waals surface area contributed by atoms with Gasteiger partial charge in [-0.05, 0) is 45.3 Å². The molecule has 1 aliphatic heterocycles. The molecule has 1 N–H and O–H groups in total. The normalized spacial score (nSPS) is 15.0. The van der Waals surface area contributed by atoms with Crippen molar-refractivity contribution >= 4 is 33.7 Å². The van der Waals surface area contributed by atoms with Crippen molar-refractivity contribution in [1.82, 2.24) is 10.2 Å². The van der Waals surface area contributed by atoms with Crippen LogP contribution in [0.15, 0.2) is 83.3 Å². The van der Waals surface area contributed by atoms with Gasteiger partial charge in [-0.25, -0.2) is 4.79 Å². The van der Waals surface area contributed by atoms with E-state index in [0.717, 1.165) is 4.90 Å². The van der Waals surface area contributed by atoms with Crippen molar-refractivity contribution in [2.24, 2.45) is 0 Å². The zero-order chi connectivity index (χ0) is 22.0. The van der Waals surface area contributed by atoms with Crippen LogP contribution >= 0.6 is 15.9 Å². The van der Waals surface area contributed by atoms with Gasteiger partial charge in [-0.3, -0.25) is 14.5 Å². The van der Waals surface area contributed by atoms with Crippen molar-refractivity contribution in [3.8, 4) is 5.75 Å². The number of nitrogens with zero attached hydrogens (tertiary/aromatic N) is 1. The molecular formula is C24H19BrN2O4. The molecule has 3 aromatic carbocycles. The third-order valence-corrected chi connectivity index (χ3v) is 5.91. The first-order valence-electron chi connectivity index (χ1n) is 9.59. The molecule has 0 saturated carbocycles. The lowest BCUT2D eigenvalue weighted by atomic mass is 9.82. The van der Waals surface area contributed by atoms with Gasteiger partial charge in [0.1, 0.15) is 5.75 Å². The summed E-state index contributed by atoms with van der Waals surface area (Å²) < 4.78 is 5.80. The van der Waals surface area contributed by atoms with Gasteiger partial charge >= 0.3 is 6.03 Å². The molecule has 6 nitrogen and oxygen atoms in total. The van der Waals surface area contributed by atoms with Crippen LogP contribution in [-0.2, 0) is 10.3 Å². The molecular weight excluding hydrogens is 460 g/mol. The lowest BCUT2D eigenvalue weighted by Crippen LogP contribution is -2.45. The predicted octanol–water partition coefficient (Wildman–Crippen LogP) is 4.14. The van der Waals surface area contributed by atoms with Gasteiger partial charge < -0.3 is 10.1 Å². The van der Waals surface area contributed by atoms with Gasteiger partial charge in [-0.15, -0.1) is 0 Å². The molecule has 3 amide bonds. The van der Waals surface area contributed by atoms with E-state index in [4.69, 9.17) is 4.74 Å². The molecule has 1 aliphatic rings. The van der Waals surface area contributed by atoms with Crippen molar-refractivity contribution in [2.75, 3.05) is 13.7 Å². The minimum Gasteiger partial charge on any atom is -0.496 e. The number of methoxy groups -OCH3 is 1. The summed E-state index contributed by atoms with van der Waals surface area (Å²) in [6.07, 6.45) is 0. The van der Waals surface area contributed by atoms with Crippen molar-refractivity contribution < 1.29 is 19.1 Å². The third kappa shape index (κ3) is 3.61. The highest BCUT2D eigenvalue weighted by atomic mass is 79.9. The van der Waals surface area contributed by atoms with Crippen LogP contribution in [0, 0.1) is 0 Å². The molecule has 0 unspecified atom stereocenters. The smallest absolute Gasteiger partial charge is 0.325 e. The Kier molecular flexibility index (Phi) is 5.61. The zero-order valence-corrected chi connectivity index (χ0v) is 18.3. The molecule has 0 aromatic heterocycles. The average Bonchev–Trinajstić information content (AvgIpc) is 3.05. The Labute approximate surface area is 188 Å². The summed E-state index contributed by atoms with van der Waals surface area (Å²) in [5, 5.41) is 2.84. The highest BCUT2D eigenvalue weighted by Gasteiger charge is 2.54. The number of imide groups is 1. The largest absolute Gasteiger partial charge is 0.496 e. The molecule has 0 aliphatic carbocycles. The van der Waals surface area contributed by atoms with Crippen LogP contribution < -0.4 is 10.1 Å². The minimum atomic E-state index is -1.39. The molecule has 0 atom stereocenters. The third-order valence-electron chi connectivity index (χ3n) is 5.29. The summed E-state index contributed by atoms with van der Waals surface area (Å²) in [4.78, 5) is 40.4. The van der Waals surface area contributed by atoms with Crippen molar-refractivity contribution in [2.45, 2.75) is 5.54 Å². The van der Waals surface area contributed by atoms with E-state index in [0.29, 0.717) is 26.9 Å². The Morgan fingerprint density at radius 1 is 0.968 bits per heavy atom. The number of carbonyl (C=O) groups is 3. The zero-order valence-electron chi connectivity index (χ0n) is 16.7. The summed E-state index contributed by atoms with van der Waals surface area (Å²) in [7, 11) is 1.53. The molecule has 1 saturated heterocycles. The van der Waals surface area contributed by atoms with Gasteiger partial charge in [-0.2, -0.15) is 0 Å². The number of halogens is 1. The number of benzene rings is 3. The van der Waals surface area contributed by atoms with Crippen LogP contribution in [0.2, 0.25) is 0 Å². The number of ether oxygens (including phenoxy) is 1. The van der Waals surface area contributed by atoms with Gasteiger partial charge in [0.05, 0.1) is 18.1 Å². The molecule has 1 fully saturated rings. The molecule has 0 radical (unpaired) electrons. The van der Waals surface area contributed by atoms with Gasteiger partial charge in [0.2, 0.25) is 0 Å². The summed E-state index contributed by atoms with van der Waals surface area (Å²) >= 11 is 3.35. The van der Waals surface area contributed by atoms with E-state index in [-0.39, 0.29) is 12.3 Å². The second kappa shape index (κ2) is 8.35. The van der Waals surface area contributed by atoms with Crippen molar-refractivity contribution in [3.05, 3.63) is 100 Å². The average molecular weight is 479 g/mol. The number of hydrogen-bond acceptors (Lipinski definition) is 4. The first-order valence-corrected chi connectivity index (χ1v) is 10.4. The Hall–Kier alpha value is -3.45. The number of rotatable bonds is 6. The lowest BCUT2D eigenvalue weighted by molar-refractivity contribution is -0.129. The lowest BCUT2D eigenvalue weighted by Gasteiger charge is -2.28. The van der Waals surface area contributed by atoms with Crippen LogP contribution in [0.25, 0.3) is 0 Å². The van der Waals surface area contributed by atoms with Crippen LogP contribution in [0.5, 0.6) is 5.75 Å². The maximum Gasteiger partial charge on any atom is 0.325 e. The molecule has 0 bridgehead atoms. The fourth-order valence-corrected chi connectivity index (χ4v) is 4.27. The SMILES string of the molecule is COc1ccc(C(=O)CN2C(=O)NC(c3ccccc3)(c3ccccc3)C2=O)cc1Br. The fourth-order valence-electron chi connectivity index (χ4n) is 3.73. The Morgan fingerprint density at radius 2 is 1.55 bits per heavy atom. The second-order valence-electron chi connectivity index (χ2n) is 7.08. The van der Waals surface area contributed by atoms with E-state index in [2.05, 4.69) is 21.2 Å². The standard InChI is InChI=1S/C24H19BrN2O4/c1-31-21-13-12-16(14-19(21)25)20(28)15-27-22(29)24(26-23(27)30,17-8-4-2-5-9-17)18-10-6-3-7-11-18/h2-14H,15H2,1H3,(H,26,30). The Balaban J connectivity index is 1.70. The quantitative estimate of drug-likeness (QED) is 0.426. The number of urea groups is 1. The van der Waals surface area contributed by atoms with Crippen LogP contribution in [-0.4, -0.2) is 36.3 Å². The van der Waals surface area contributed by atoms with E-state index in [1.54, 1.807) is 42.5 Å². The molecule has 7 heteroatoms. The summed E-state index contributed by atoms with van der Waals surface area (Å²) in [6, 6.07) is 22.3. The van der Waals surface area contributed by atoms with E-state index in [9.17, 15) is 14.4 Å². The van der Waals surface area contributed by atoms with E-state index in [1.807, 2.05) is 36.4 Å². The minimum absolute atomic E-state index is 0.358. The highest BCUT2D eigenvalue weighted by Crippen LogP contribution is 2.36. The first kappa shape index (κ1) is 20.8. The summed E-state index contributed by atoms with van der Waals surface area (Å²) in [5.74, 6) is -0.265. The Bertz CT molecular complexity index is 1110. The molecule has 4 rings (SSSR count). The van der Waals surface area contributed by atoms with Crippen molar-refractivity contribution in [3.63, 3.8) is 0 Å². The van der Waals surface area contributed by atoms with Crippen LogP contribution in [0.3, 0.4) is 0 Å². The fraction of sp³-hybridized carbons (Fsp3) is 0.125. The van der Waals surface area contributed by atoms with E-state index >= 15 is 0 Å². The molecule has 0 spiro atoms. The number of nitrogens with one attached hydrogen (secondary N) is 1. The number of Topliss-reactive ketones (excluding diaryl/α,β-unsaturated/α-hetero) is 1. The Morgan fingerprint density at radius 3 is 2.06 bits per heavy atom. The molecule has 31 heavy (non-hydrogen) atoms.